The maximum absolute atomic E-state index is 9.98. The lowest BCUT2D eigenvalue weighted by molar-refractivity contribution is -0.142. The van der Waals surface area contributed by atoms with Crippen LogP contribution in [0.4, 0.5) is 5.69 Å². The molecule has 4 atom stereocenters. The van der Waals surface area contributed by atoms with Gasteiger partial charge in [-0.05, 0) is 44.9 Å². The minimum atomic E-state index is -0.797. The van der Waals surface area contributed by atoms with Gasteiger partial charge in [-0.2, -0.15) is 0 Å². The van der Waals surface area contributed by atoms with Gasteiger partial charge in [0.2, 0.25) is 0 Å². The Labute approximate surface area is 195 Å². The number of aliphatic hydroxyl groups is 1. The number of hydrogen-bond acceptors (Lipinski definition) is 5. The molecule has 0 radical (unpaired) electrons. The highest BCUT2D eigenvalue weighted by molar-refractivity contribution is 5.65. The lowest BCUT2D eigenvalue weighted by atomic mass is 9.91. The molecule has 2 unspecified atom stereocenters. The number of hydrogen-bond donors (Lipinski definition) is 2. The predicted molar refractivity (Wildman–Crippen MR) is 134 cm³/mol. The number of aliphatic hydroxyl groups excluding tert-OH is 1. The van der Waals surface area contributed by atoms with Gasteiger partial charge in [-0.25, -0.2) is 0 Å². The monoisotopic (exact) mass is 445 g/mol. The van der Waals surface area contributed by atoms with Crippen LogP contribution < -0.4 is 5.32 Å². The number of nitrogens with one attached hydrogen (secondary N) is 1. The first-order valence-electron chi connectivity index (χ1n) is 11.6. The normalized spacial score (nSPS) is 13.8. The Morgan fingerprint density at radius 1 is 1.00 bits per heavy atom. The third kappa shape index (κ3) is 12.5. The summed E-state index contributed by atoms with van der Waals surface area (Å²) in [6.07, 6.45) is -0.0575. The van der Waals surface area contributed by atoms with Crippen LogP contribution >= 0.6 is 0 Å². The highest BCUT2D eigenvalue weighted by Crippen LogP contribution is 2.30. The molecular weight excluding hydrogens is 402 g/mol. The zero-order valence-corrected chi connectivity index (χ0v) is 21.1. The summed E-state index contributed by atoms with van der Waals surface area (Å²) >= 11 is 0. The van der Waals surface area contributed by atoms with E-state index >= 15 is 0 Å². The number of benzene rings is 2. The number of carbonyl (C=O) groups excluding carboxylic acids is 1. The van der Waals surface area contributed by atoms with Crippen molar-refractivity contribution in [3.63, 3.8) is 0 Å². The van der Waals surface area contributed by atoms with Crippen LogP contribution in [-0.4, -0.2) is 30.0 Å². The third-order valence-corrected chi connectivity index (χ3v) is 4.69. The van der Waals surface area contributed by atoms with Crippen LogP contribution in [0.25, 0.3) is 0 Å². The van der Waals surface area contributed by atoms with Crippen molar-refractivity contribution in [3.8, 4) is 0 Å². The molecule has 5 heteroatoms. The molecule has 5 nitrogen and oxygen atoms in total. The van der Waals surface area contributed by atoms with Gasteiger partial charge < -0.3 is 19.9 Å². The fraction of sp³-hybridized carbons (Fsp3) is 0.519. The van der Waals surface area contributed by atoms with E-state index in [1.54, 1.807) is 6.92 Å². The van der Waals surface area contributed by atoms with E-state index in [0.717, 1.165) is 17.7 Å². The average Bonchev–Trinajstić information content (AvgIpc) is 2.79. The molecule has 0 amide bonds. The van der Waals surface area contributed by atoms with Crippen molar-refractivity contribution < 1.29 is 19.4 Å². The second kappa shape index (κ2) is 17.2. The van der Waals surface area contributed by atoms with Crippen LogP contribution in [-0.2, 0) is 14.3 Å². The summed E-state index contributed by atoms with van der Waals surface area (Å²) in [6, 6.07) is 18.6. The number of anilines is 1. The Bertz CT molecular complexity index is 716. The molecule has 2 aromatic rings. The fourth-order valence-corrected chi connectivity index (χ4v) is 2.91. The summed E-state index contributed by atoms with van der Waals surface area (Å²) in [4.78, 5) is 9.98. The molecule has 32 heavy (non-hydrogen) atoms. The zero-order chi connectivity index (χ0) is 24.5. The third-order valence-electron chi connectivity index (χ3n) is 4.69. The van der Waals surface area contributed by atoms with Crippen molar-refractivity contribution in [3.05, 3.63) is 65.7 Å². The summed E-state index contributed by atoms with van der Waals surface area (Å²) in [5.74, 6) is -0.00449. The second-order valence-corrected chi connectivity index (χ2v) is 7.56. The Hall–Kier alpha value is -2.37. The van der Waals surface area contributed by atoms with Gasteiger partial charge in [-0.1, -0.05) is 75.7 Å². The number of ether oxygens (including phenoxy) is 2. The molecule has 0 spiro atoms. The molecule has 2 rings (SSSR count). The minimum Gasteiger partial charge on any atom is -0.466 e. The van der Waals surface area contributed by atoms with Gasteiger partial charge in [-0.15, -0.1) is 0 Å². The van der Waals surface area contributed by atoms with Crippen molar-refractivity contribution in [2.75, 3.05) is 11.9 Å². The Balaban J connectivity index is 0.000000911. The molecule has 0 aromatic heterocycles. The van der Waals surface area contributed by atoms with E-state index in [2.05, 4.69) is 55.1 Å². The van der Waals surface area contributed by atoms with E-state index in [1.807, 2.05) is 51.1 Å². The first-order valence-corrected chi connectivity index (χ1v) is 11.6. The number of carbonyl (C=O) groups is 1. The Morgan fingerprint density at radius 2 is 1.56 bits per heavy atom. The molecule has 0 aliphatic carbocycles. The van der Waals surface area contributed by atoms with Crippen molar-refractivity contribution in [1.82, 2.24) is 0 Å². The van der Waals surface area contributed by atoms with Crippen molar-refractivity contribution in [2.45, 2.75) is 80.2 Å². The smallest absolute Gasteiger partial charge is 0.302 e. The molecular formula is C27H43NO4. The van der Waals surface area contributed by atoms with Crippen molar-refractivity contribution >= 4 is 11.7 Å². The minimum absolute atomic E-state index is 0.163. The zero-order valence-electron chi connectivity index (χ0n) is 21.1. The molecule has 2 N–H and O–H groups in total. The van der Waals surface area contributed by atoms with Crippen LogP contribution in [0.15, 0.2) is 54.6 Å². The number of esters is 1. The first-order chi connectivity index (χ1) is 15.2. The summed E-state index contributed by atoms with van der Waals surface area (Å²) < 4.78 is 10.3. The van der Waals surface area contributed by atoms with E-state index in [1.165, 1.54) is 12.5 Å². The molecule has 0 bridgehead atoms. The maximum atomic E-state index is 9.98. The maximum Gasteiger partial charge on any atom is 0.302 e. The summed E-state index contributed by atoms with van der Waals surface area (Å²) in [7, 11) is 0. The van der Waals surface area contributed by atoms with Crippen molar-refractivity contribution in [1.29, 1.82) is 0 Å². The number of aryl methyl sites for hydroxylation is 1. The second-order valence-electron chi connectivity index (χ2n) is 7.56. The van der Waals surface area contributed by atoms with Crippen LogP contribution in [0, 0.1) is 12.8 Å². The van der Waals surface area contributed by atoms with Crippen LogP contribution in [0.1, 0.15) is 72.1 Å². The first kappa shape index (κ1) is 29.6. The summed E-state index contributed by atoms with van der Waals surface area (Å²) in [6.45, 7) is 15.9. The molecule has 0 fully saturated rings. The van der Waals surface area contributed by atoms with Gasteiger partial charge in [0.25, 0.3) is 0 Å². The van der Waals surface area contributed by atoms with Gasteiger partial charge >= 0.3 is 5.97 Å². The van der Waals surface area contributed by atoms with E-state index in [9.17, 15) is 9.90 Å². The van der Waals surface area contributed by atoms with Gasteiger partial charge in [0, 0.05) is 24.6 Å². The Morgan fingerprint density at radius 3 is 2.00 bits per heavy atom. The standard InChI is InChI=1S/C20H27NO2.C5H10O2.C2H6/c1-14-10-12-19(13-11-14)21-16(3)15(2)20(23-17(4)22)18-8-6-5-7-9-18;1-3-4-7-5(2)6;1-2/h5-13,15-17,20-22H,1-4H3;3-4H2,1-2H3;1-2H3/t15?,16-,17+,20?;;/m0../s1. The van der Waals surface area contributed by atoms with Gasteiger partial charge in [-0.3, -0.25) is 4.79 Å². The fourth-order valence-electron chi connectivity index (χ4n) is 2.91. The lowest BCUT2D eigenvalue weighted by Gasteiger charge is -2.31. The van der Waals surface area contributed by atoms with E-state index in [4.69, 9.17) is 4.74 Å². The van der Waals surface area contributed by atoms with Crippen LogP contribution in [0.3, 0.4) is 0 Å². The largest absolute Gasteiger partial charge is 0.466 e. The summed E-state index contributed by atoms with van der Waals surface area (Å²) in [5, 5.41) is 13.2. The van der Waals surface area contributed by atoms with E-state index in [-0.39, 0.29) is 24.0 Å². The number of rotatable bonds is 9. The molecule has 0 aliphatic heterocycles. The van der Waals surface area contributed by atoms with Crippen LogP contribution in [0.5, 0.6) is 0 Å². The predicted octanol–water partition coefficient (Wildman–Crippen LogP) is 6.51. The summed E-state index contributed by atoms with van der Waals surface area (Å²) in [5.41, 5.74) is 3.42. The molecule has 2 aromatic carbocycles. The molecule has 0 heterocycles. The SMILES string of the molecule is CC.CCCOC(C)=O.Cc1ccc(N[C@@H](C)C(C)C(O[C@H](C)O)c2ccccc2)cc1. The van der Waals surface area contributed by atoms with E-state index < -0.39 is 6.29 Å². The van der Waals surface area contributed by atoms with E-state index in [0.29, 0.717) is 6.61 Å². The topological polar surface area (TPSA) is 67.8 Å². The Kier molecular flexibility index (Phi) is 15.9. The van der Waals surface area contributed by atoms with Gasteiger partial charge in [0.1, 0.15) is 0 Å². The van der Waals surface area contributed by atoms with Gasteiger partial charge in [0.15, 0.2) is 6.29 Å². The average molecular weight is 446 g/mol. The molecule has 0 saturated carbocycles. The van der Waals surface area contributed by atoms with Crippen molar-refractivity contribution in [2.24, 2.45) is 5.92 Å². The molecule has 0 saturated heterocycles. The van der Waals surface area contributed by atoms with Gasteiger partial charge in [0.05, 0.1) is 12.7 Å². The highest BCUT2D eigenvalue weighted by Gasteiger charge is 2.26. The molecule has 180 valence electrons. The molecule has 0 aliphatic rings. The quantitative estimate of drug-likeness (QED) is 0.340. The van der Waals surface area contributed by atoms with Crippen LogP contribution in [0.2, 0.25) is 0 Å². The highest BCUT2D eigenvalue weighted by atomic mass is 16.6. The lowest BCUT2D eigenvalue weighted by Crippen LogP contribution is -2.31.